The van der Waals surface area contributed by atoms with Crippen molar-refractivity contribution in [2.24, 2.45) is 0 Å². The molecule has 0 saturated carbocycles. The molecular formula is C17H19N3. The average molecular weight is 265 g/mol. The Bertz CT molecular complexity index is 641. The van der Waals surface area contributed by atoms with E-state index >= 15 is 0 Å². The van der Waals surface area contributed by atoms with Crippen LogP contribution in [-0.2, 0) is 6.54 Å². The molecule has 2 rings (SSSR count). The van der Waals surface area contributed by atoms with E-state index in [4.69, 9.17) is 0 Å². The highest BCUT2D eigenvalue weighted by Crippen LogP contribution is 2.23. The molecule has 0 radical (unpaired) electrons. The molecule has 1 aromatic carbocycles. The van der Waals surface area contributed by atoms with Gasteiger partial charge in [0.05, 0.1) is 23.5 Å². The second kappa shape index (κ2) is 6.21. The second-order valence-electron chi connectivity index (χ2n) is 4.92. The first-order valence-corrected chi connectivity index (χ1v) is 6.82. The number of pyridine rings is 1. The number of nitriles is 1. The molecule has 0 unspecified atom stereocenters. The van der Waals surface area contributed by atoms with Crippen LogP contribution < -0.4 is 4.90 Å². The first kappa shape index (κ1) is 14.1. The molecule has 2 aromatic rings. The molecule has 0 aliphatic carbocycles. The van der Waals surface area contributed by atoms with Crippen molar-refractivity contribution in [3.05, 3.63) is 58.9 Å². The normalized spacial score (nSPS) is 10.1. The van der Waals surface area contributed by atoms with Crippen molar-refractivity contribution in [3.63, 3.8) is 0 Å². The fourth-order valence-corrected chi connectivity index (χ4v) is 2.25. The number of anilines is 1. The summed E-state index contributed by atoms with van der Waals surface area (Å²) in [4.78, 5) is 6.73. The van der Waals surface area contributed by atoms with Gasteiger partial charge < -0.3 is 4.90 Å². The highest BCUT2D eigenvalue weighted by atomic mass is 15.1. The maximum absolute atomic E-state index is 9.27. The highest BCUT2D eigenvalue weighted by molar-refractivity contribution is 5.60. The molecule has 1 aromatic heterocycles. The molecule has 0 spiro atoms. The zero-order chi connectivity index (χ0) is 14.5. The van der Waals surface area contributed by atoms with Gasteiger partial charge in [-0.2, -0.15) is 5.26 Å². The number of rotatable bonds is 4. The van der Waals surface area contributed by atoms with E-state index in [1.165, 1.54) is 0 Å². The number of hydrogen-bond acceptors (Lipinski definition) is 3. The topological polar surface area (TPSA) is 39.9 Å². The summed E-state index contributed by atoms with van der Waals surface area (Å²) in [6.07, 6.45) is 0. The first-order chi connectivity index (χ1) is 9.63. The van der Waals surface area contributed by atoms with Gasteiger partial charge in [0.1, 0.15) is 6.07 Å². The summed E-state index contributed by atoms with van der Waals surface area (Å²) in [6, 6.07) is 14.2. The van der Waals surface area contributed by atoms with E-state index in [0.29, 0.717) is 5.56 Å². The smallest absolute Gasteiger partial charge is 0.101 e. The molecule has 0 N–H and O–H groups in total. The number of nitrogens with zero attached hydrogens (tertiary/aromatic N) is 3. The summed E-state index contributed by atoms with van der Waals surface area (Å²) < 4.78 is 0. The standard InChI is InChI=1S/C17H19N3/c1-4-20(12-16-7-5-6-14(3)19-16)17-10-13(2)8-9-15(17)11-18/h5-10H,4,12H2,1-3H3. The van der Waals surface area contributed by atoms with Crippen molar-refractivity contribution < 1.29 is 0 Å². The Kier molecular flexibility index (Phi) is 4.37. The van der Waals surface area contributed by atoms with E-state index in [9.17, 15) is 5.26 Å². The van der Waals surface area contributed by atoms with Crippen molar-refractivity contribution >= 4 is 5.69 Å². The number of benzene rings is 1. The van der Waals surface area contributed by atoms with Crippen molar-refractivity contribution in [1.29, 1.82) is 5.26 Å². The summed E-state index contributed by atoms with van der Waals surface area (Å²) in [7, 11) is 0. The third-order valence-corrected chi connectivity index (χ3v) is 3.29. The molecule has 0 amide bonds. The van der Waals surface area contributed by atoms with Crippen LogP contribution in [-0.4, -0.2) is 11.5 Å². The predicted octanol–water partition coefficient (Wildman–Crippen LogP) is 3.60. The zero-order valence-corrected chi connectivity index (χ0v) is 12.2. The van der Waals surface area contributed by atoms with Crippen molar-refractivity contribution in [1.82, 2.24) is 4.98 Å². The number of aromatic nitrogens is 1. The van der Waals surface area contributed by atoms with Crippen molar-refractivity contribution in [3.8, 4) is 6.07 Å². The molecule has 0 aliphatic heterocycles. The minimum atomic E-state index is 0.713. The molecule has 102 valence electrons. The molecule has 0 aliphatic rings. The zero-order valence-electron chi connectivity index (χ0n) is 12.2. The lowest BCUT2D eigenvalue weighted by Gasteiger charge is -2.24. The Morgan fingerprint density at radius 3 is 2.65 bits per heavy atom. The summed E-state index contributed by atoms with van der Waals surface area (Å²) in [5, 5.41) is 9.27. The SMILES string of the molecule is CCN(Cc1cccc(C)n1)c1cc(C)ccc1C#N. The van der Waals surface area contributed by atoms with E-state index in [2.05, 4.69) is 28.9 Å². The lowest BCUT2D eigenvalue weighted by Crippen LogP contribution is -2.23. The van der Waals surface area contributed by atoms with Crippen LogP contribution in [0.15, 0.2) is 36.4 Å². The largest absolute Gasteiger partial charge is 0.365 e. The lowest BCUT2D eigenvalue weighted by atomic mass is 10.1. The lowest BCUT2D eigenvalue weighted by molar-refractivity contribution is 0.804. The van der Waals surface area contributed by atoms with Crippen LogP contribution in [0.2, 0.25) is 0 Å². The fourth-order valence-electron chi connectivity index (χ4n) is 2.25. The van der Waals surface area contributed by atoms with Crippen LogP contribution in [0.5, 0.6) is 0 Å². The van der Waals surface area contributed by atoms with E-state index in [1.807, 2.05) is 44.2 Å². The van der Waals surface area contributed by atoms with Crippen LogP contribution in [0, 0.1) is 25.2 Å². The molecule has 20 heavy (non-hydrogen) atoms. The Labute approximate surface area is 120 Å². The molecule has 0 bridgehead atoms. The third kappa shape index (κ3) is 3.16. The summed E-state index contributed by atoms with van der Waals surface area (Å²) in [6.45, 7) is 7.69. The van der Waals surface area contributed by atoms with E-state index in [0.717, 1.165) is 35.7 Å². The van der Waals surface area contributed by atoms with Gasteiger partial charge in [-0.1, -0.05) is 12.1 Å². The Morgan fingerprint density at radius 2 is 2.00 bits per heavy atom. The van der Waals surface area contributed by atoms with Gasteiger partial charge in [0.2, 0.25) is 0 Å². The van der Waals surface area contributed by atoms with Crippen molar-refractivity contribution in [2.45, 2.75) is 27.3 Å². The maximum atomic E-state index is 9.27. The molecule has 1 heterocycles. The van der Waals surface area contributed by atoms with Gasteiger partial charge in [-0.3, -0.25) is 4.98 Å². The van der Waals surface area contributed by atoms with Gasteiger partial charge in [-0.25, -0.2) is 0 Å². The second-order valence-corrected chi connectivity index (χ2v) is 4.92. The van der Waals surface area contributed by atoms with Crippen molar-refractivity contribution in [2.75, 3.05) is 11.4 Å². The quantitative estimate of drug-likeness (QED) is 0.848. The number of hydrogen-bond donors (Lipinski definition) is 0. The first-order valence-electron chi connectivity index (χ1n) is 6.82. The molecule has 0 fully saturated rings. The van der Waals surface area contributed by atoms with E-state index in [-0.39, 0.29) is 0 Å². The molecular weight excluding hydrogens is 246 g/mol. The van der Waals surface area contributed by atoms with E-state index < -0.39 is 0 Å². The van der Waals surface area contributed by atoms with Gasteiger partial charge in [0, 0.05) is 12.2 Å². The summed E-state index contributed by atoms with van der Waals surface area (Å²) in [5.41, 5.74) is 4.90. The minimum absolute atomic E-state index is 0.713. The van der Waals surface area contributed by atoms with Gasteiger partial charge in [-0.05, 0) is 50.6 Å². The molecule has 0 atom stereocenters. The van der Waals surface area contributed by atoms with E-state index in [1.54, 1.807) is 0 Å². The predicted molar refractivity (Wildman–Crippen MR) is 81.6 cm³/mol. The molecule has 3 heteroatoms. The van der Waals surface area contributed by atoms with Crippen LogP contribution in [0.3, 0.4) is 0 Å². The Morgan fingerprint density at radius 1 is 1.20 bits per heavy atom. The van der Waals surface area contributed by atoms with Crippen LogP contribution in [0.1, 0.15) is 29.4 Å². The Hall–Kier alpha value is -2.34. The Balaban J connectivity index is 2.33. The van der Waals surface area contributed by atoms with Crippen LogP contribution >= 0.6 is 0 Å². The highest BCUT2D eigenvalue weighted by Gasteiger charge is 2.11. The molecule has 0 saturated heterocycles. The number of aryl methyl sites for hydroxylation is 2. The fraction of sp³-hybridized carbons (Fsp3) is 0.294. The monoisotopic (exact) mass is 265 g/mol. The maximum Gasteiger partial charge on any atom is 0.101 e. The minimum Gasteiger partial charge on any atom is -0.365 e. The van der Waals surface area contributed by atoms with Crippen LogP contribution in [0.4, 0.5) is 5.69 Å². The third-order valence-electron chi connectivity index (χ3n) is 3.29. The summed E-state index contributed by atoms with van der Waals surface area (Å²) in [5.74, 6) is 0. The summed E-state index contributed by atoms with van der Waals surface area (Å²) >= 11 is 0. The van der Waals surface area contributed by atoms with Gasteiger partial charge in [0.15, 0.2) is 0 Å². The van der Waals surface area contributed by atoms with Gasteiger partial charge in [0.25, 0.3) is 0 Å². The van der Waals surface area contributed by atoms with Gasteiger partial charge >= 0.3 is 0 Å². The average Bonchev–Trinajstić information content (AvgIpc) is 2.45. The van der Waals surface area contributed by atoms with Gasteiger partial charge in [-0.15, -0.1) is 0 Å². The van der Waals surface area contributed by atoms with Crippen LogP contribution in [0.25, 0.3) is 0 Å². The molecule has 3 nitrogen and oxygen atoms in total.